The van der Waals surface area contributed by atoms with E-state index in [0.29, 0.717) is 0 Å². The van der Waals surface area contributed by atoms with E-state index in [1.54, 1.807) is 5.57 Å². The van der Waals surface area contributed by atoms with Crippen LogP contribution in [0, 0.1) is 0 Å². The number of benzene rings is 10. The zero-order valence-corrected chi connectivity index (χ0v) is 44.2. The number of hydrogen-bond acceptors (Lipinski definition) is 1. The fourth-order valence-corrected chi connectivity index (χ4v) is 14.1. The van der Waals surface area contributed by atoms with E-state index in [2.05, 4.69) is 264 Å². The van der Waals surface area contributed by atoms with Crippen LogP contribution in [0.5, 0.6) is 0 Å². The van der Waals surface area contributed by atoms with Crippen LogP contribution in [0.4, 0.5) is 17.1 Å². The van der Waals surface area contributed by atoms with Crippen LogP contribution in [-0.2, 0) is 11.8 Å². The average molecular weight is 999 g/mol. The Kier molecular flexibility index (Phi) is 10.9. The van der Waals surface area contributed by atoms with Gasteiger partial charge in [0.2, 0.25) is 0 Å². The van der Waals surface area contributed by atoms with Gasteiger partial charge in [-0.25, -0.2) is 0 Å². The number of allylic oxidation sites excluding steroid dienone is 8. The lowest BCUT2D eigenvalue weighted by atomic mass is 9.66. The Balaban J connectivity index is 0.00000262. The maximum Gasteiger partial charge on any atom is 0.0694 e. The van der Waals surface area contributed by atoms with E-state index < -0.39 is 5.41 Å². The van der Waals surface area contributed by atoms with E-state index in [1.807, 2.05) is 13.8 Å². The molecule has 1 unspecified atom stereocenters. The highest BCUT2D eigenvalue weighted by molar-refractivity contribution is 6.09. The molecule has 2 heteroatoms. The number of nitrogens with zero attached hydrogens (tertiary/aromatic N) is 2. The quantitative estimate of drug-likeness (QED) is 0.154. The first-order valence-corrected chi connectivity index (χ1v) is 28.2. The second-order valence-electron chi connectivity index (χ2n) is 21.2. The second-order valence-corrected chi connectivity index (χ2v) is 21.2. The molecule has 1 spiro atoms. The minimum atomic E-state index is -0.396. The van der Waals surface area contributed by atoms with E-state index in [1.165, 1.54) is 116 Å². The van der Waals surface area contributed by atoms with Gasteiger partial charge in [-0.05, 0) is 193 Å². The summed E-state index contributed by atoms with van der Waals surface area (Å²) in [6, 6.07) is 84.7. The topological polar surface area (TPSA) is 8.17 Å². The summed E-state index contributed by atoms with van der Waals surface area (Å²) < 4.78 is 2.38. The van der Waals surface area contributed by atoms with Crippen molar-refractivity contribution in [2.75, 3.05) is 4.90 Å². The third-order valence-electron chi connectivity index (χ3n) is 17.4. The molecule has 0 aliphatic heterocycles. The van der Waals surface area contributed by atoms with Crippen molar-refractivity contribution in [2.45, 2.75) is 51.4 Å². The molecule has 11 aromatic rings. The van der Waals surface area contributed by atoms with Crippen LogP contribution in [0.25, 0.3) is 83.1 Å². The summed E-state index contributed by atoms with van der Waals surface area (Å²) in [7, 11) is 0. The summed E-state index contributed by atoms with van der Waals surface area (Å²) >= 11 is 0. The number of hydrogen-bond donors (Lipinski definition) is 0. The van der Waals surface area contributed by atoms with Crippen LogP contribution in [-0.4, -0.2) is 4.57 Å². The zero-order valence-electron chi connectivity index (χ0n) is 44.2. The van der Waals surface area contributed by atoms with Crippen LogP contribution in [0.15, 0.2) is 260 Å². The van der Waals surface area contributed by atoms with Crippen molar-refractivity contribution < 1.29 is 0 Å². The molecule has 0 bridgehead atoms. The Morgan fingerprint density at radius 3 is 1.68 bits per heavy atom. The molecule has 2 nitrogen and oxygen atoms in total. The van der Waals surface area contributed by atoms with Gasteiger partial charge in [-0.3, -0.25) is 0 Å². The summed E-state index contributed by atoms with van der Waals surface area (Å²) in [5, 5.41) is 2.55. The lowest BCUT2D eigenvalue weighted by Crippen LogP contribution is -2.28. The van der Waals surface area contributed by atoms with E-state index >= 15 is 0 Å². The lowest BCUT2D eigenvalue weighted by molar-refractivity contribution is 0.715. The smallest absolute Gasteiger partial charge is 0.0694 e. The predicted molar refractivity (Wildman–Crippen MR) is 329 cm³/mol. The molecule has 0 amide bonds. The van der Waals surface area contributed by atoms with Gasteiger partial charge in [0.15, 0.2) is 0 Å². The minimum absolute atomic E-state index is 0.396. The molecule has 1 aromatic heterocycles. The van der Waals surface area contributed by atoms with Crippen LogP contribution in [0.2, 0.25) is 0 Å². The number of aromatic nitrogens is 1. The Hall–Kier alpha value is -9.24. The van der Waals surface area contributed by atoms with Gasteiger partial charge in [-0.15, -0.1) is 0 Å². The molecule has 0 saturated heterocycles. The van der Waals surface area contributed by atoms with E-state index in [4.69, 9.17) is 0 Å². The normalized spacial score (nSPS) is 16.1. The summed E-state index contributed by atoms with van der Waals surface area (Å²) in [6.45, 7) is 4.00. The van der Waals surface area contributed by atoms with Gasteiger partial charge in [0.05, 0.1) is 16.4 Å². The molecule has 372 valence electrons. The molecule has 10 aromatic carbocycles. The highest BCUT2D eigenvalue weighted by atomic mass is 15.1. The van der Waals surface area contributed by atoms with Crippen molar-refractivity contribution in [1.29, 1.82) is 0 Å². The van der Waals surface area contributed by atoms with Gasteiger partial charge < -0.3 is 9.47 Å². The summed E-state index contributed by atoms with van der Waals surface area (Å²) in [5.41, 5.74) is 31.1. The molecule has 5 aliphatic carbocycles. The van der Waals surface area contributed by atoms with Crippen LogP contribution in [0.3, 0.4) is 0 Å². The van der Waals surface area contributed by atoms with Gasteiger partial charge in [0.1, 0.15) is 0 Å². The number of para-hydroxylation sites is 2. The van der Waals surface area contributed by atoms with Crippen LogP contribution >= 0.6 is 0 Å². The fraction of sp³-hybridized carbons (Fsp3) is 0.105. The van der Waals surface area contributed by atoms with Crippen molar-refractivity contribution >= 4 is 50.0 Å². The van der Waals surface area contributed by atoms with Crippen molar-refractivity contribution in [1.82, 2.24) is 4.57 Å². The maximum absolute atomic E-state index is 2.51. The molecule has 5 aliphatic rings. The van der Waals surface area contributed by atoms with E-state index in [0.717, 1.165) is 54.9 Å². The molecule has 78 heavy (non-hydrogen) atoms. The predicted octanol–water partition coefficient (Wildman–Crippen LogP) is 20.4. The Morgan fingerprint density at radius 1 is 0.410 bits per heavy atom. The minimum Gasteiger partial charge on any atom is -0.311 e. The molecule has 1 heterocycles. The first-order valence-electron chi connectivity index (χ1n) is 28.2. The Morgan fingerprint density at radius 2 is 0.987 bits per heavy atom. The van der Waals surface area contributed by atoms with E-state index in [9.17, 15) is 0 Å². The van der Waals surface area contributed by atoms with Gasteiger partial charge >= 0.3 is 0 Å². The first kappa shape index (κ1) is 46.1. The van der Waals surface area contributed by atoms with Gasteiger partial charge in [0, 0.05) is 33.5 Å². The lowest BCUT2D eigenvalue weighted by Gasteiger charge is -2.35. The zero-order chi connectivity index (χ0) is 51.9. The highest BCUT2D eigenvalue weighted by Crippen LogP contribution is 2.67. The highest BCUT2D eigenvalue weighted by Gasteiger charge is 2.54. The summed E-state index contributed by atoms with van der Waals surface area (Å²) in [4.78, 5) is 2.41. The number of rotatable bonds is 7. The number of fused-ring (bicyclic) bond motifs is 16. The molecular weight excluding hydrogens is 941 g/mol. The molecule has 0 N–H and O–H groups in total. The standard InChI is InChI=1S/C74H52N2.C2H6/c1-2-15-48(16-3-1)49-29-38-55(39-30-49)75(56-40-31-50(32-41-56)51-33-42-58(43-34-51)76-69-27-12-8-20-62(69)63-21-9-13-28-70(63)76)57-44-35-52(36-45-57)60-23-14-24-64-61-19-6-10-25-66(61)74(73(60)64)67-26-11-7-22-65(67)72-68(74)46-37-54-47-53-17-4-5-18-59(53)71(54)72;1-2/h2,4-9,11-24,26-46H,1,3,10,25,47H2;1-2H3. The maximum atomic E-state index is 2.51. The largest absolute Gasteiger partial charge is 0.311 e. The average Bonchev–Trinajstić information content (AvgIpc) is 3.91. The number of anilines is 3. The van der Waals surface area contributed by atoms with Crippen molar-refractivity contribution in [2.24, 2.45) is 0 Å². The fourth-order valence-electron chi connectivity index (χ4n) is 14.1. The van der Waals surface area contributed by atoms with E-state index in [-0.39, 0.29) is 0 Å². The summed E-state index contributed by atoms with van der Waals surface area (Å²) in [5.74, 6) is 0. The first-order chi connectivity index (χ1) is 38.7. The molecule has 1 atom stereocenters. The monoisotopic (exact) mass is 998 g/mol. The van der Waals surface area contributed by atoms with Crippen LogP contribution < -0.4 is 4.90 Å². The third kappa shape index (κ3) is 6.89. The molecule has 0 radical (unpaired) electrons. The van der Waals surface area contributed by atoms with Crippen molar-refractivity contribution in [3.05, 3.63) is 299 Å². The third-order valence-corrected chi connectivity index (χ3v) is 17.4. The molecular formula is C76H58N2. The van der Waals surface area contributed by atoms with Crippen LogP contribution in [0.1, 0.15) is 78.5 Å². The van der Waals surface area contributed by atoms with Gasteiger partial charge in [0.25, 0.3) is 0 Å². The van der Waals surface area contributed by atoms with Crippen molar-refractivity contribution in [3.8, 4) is 50.2 Å². The Labute approximate surface area is 457 Å². The second kappa shape index (κ2) is 18.5. The molecule has 16 rings (SSSR count). The molecule has 0 fully saturated rings. The van der Waals surface area contributed by atoms with Gasteiger partial charge in [-0.2, -0.15) is 0 Å². The summed E-state index contributed by atoms with van der Waals surface area (Å²) in [6.07, 6.45) is 17.0. The SMILES string of the molecule is C1=CC(c2ccc(N(c3ccc(-c4ccc(-n5c6ccccc6c6ccccc65)cc4)cc3)c3ccc(-c4cccc5c4C4(C6=C5C=CCC6)c5ccccc5-c5c4ccc4c5-c5ccccc5C4)cc3)cc2)=CCC1.CC. The van der Waals surface area contributed by atoms with Gasteiger partial charge in [-0.1, -0.05) is 208 Å². The Bertz CT molecular complexity index is 4270. The molecule has 0 saturated carbocycles. The van der Waals surface area contributed by atoms with Crippen molar-refractivity contribution in [3.63, 3.8) is 0 Å².